The topological polar surface area (TPSA) is 54.0 Å². The van der Waals surface area contributed by atoms with E-state index in [2.05, 4.69) is 32.9 Å². The minimum Gasteiger partial charge on any atom is -0.497 e. The van der Waals surface area contributed by atoms with Gasteiger partial charge >= 0.3 is 5.97 Å². The molecule has 5 nitrogen and oxygen atoms in total. The number of rotatable bonds is 11. The Kier molecular flexibility index (Phi) is 8.97. The van der Waals surface area contributed by atoms with E-state index in [1.54, 1.807) is 14.2 Å². The highest BCUT2D eigenvalue weighted by atomic mass is 28.4. The van der Waals surface area contributed by atoms with Gasteiger partial charge in [0.1, 0.15) is 23.5 Å². The Morgan fingerprint density at radius 3 is 2.26 bits per heavy atom. The van der Waals surface area contributed by atoms with Crippen molar-refractivity contribution in [3.8, 4) is 11.5 Å². The van der Waals surface area contributed by atoms with E-state index < -0.39 is 13.7 Å². The first-order valence-electron chi connectivity index (χ1n) is 12.3. The molecule has 34 heavy (non-hydrogen) atoms. The Balaban J connectivity index is 2.00. The van der Waals surface area contributed by atoms with E-state index in [0.29, 0.717) is 6.42 Å². The van der Waals surface area contributed by atoms with Crippen molar-refractivity contribution in [2.24, 2.45) is 0 Å². The maximum absolute atomic E-state index is 14.0. The number of hydrogen-bond acceptors (Lipinski definition) is 5. The standard InChI is InChI=1S/C28H38O5Si/c1-6-34(7-2,8-3)33-26-14-9-10-19-28(26,23-12-11-13-25(20-23)31-5)27(29)32-21-22-15-17-24(30-4)18-16-22/h9,11-18,20,26H,6-8,10,19,21H2,1-5H3/t26?,28-/m1/s1. The molecule has 0 bridgehead atoms. The molecule has 6 heteroatoms. The summed E-state index contributed by atoms with van der Waals surface area (Å²) in [5.74, 6) is 1.24. The summed E-state index contributed by atoms with van der Waals surface area (Å²) < 4.78 is 23.7. The predicted octanol–water partition coefficient (Wildman–Crippen LogP) is 6.43. The van der Waals surface area contributed by atoms with E-state index in [1.807, 2.05) is 48.5 Å². The molecule has 0 aliphatic heterocycles. The van der Waals surface area contributed by atoms with Gasteiger partial charge in [-0.2, -0.15) is 0 Å². The average Bonchev–Trinajstić information content (AvgIpc) is 2.91. The van der Waals surface area contributed by atoms with Crippen LogP contribution in [0.25, 0.3) is 0 Å². The van der Waals surface area contributed by atoms with Crippen LogP contribution < -0.4 is 9.47 Å². The second kappa shape index (κ2) is 11.7. The molecule has 0 fully saturated rings. The Morgan fingerprint density at radius 2 is 1.65 bits per heavy atom. The quantitative estimate of drug-likeness (QED) is 0.210. The van der Waals surface area contributed by atoms with Crippen LogP contribution in [-0.2, 0) is 26.0 Å². The Morgan fingerprint density at radius 1 is 0.971 bits per heavy atom. The van der Waals surface area contributed by atoms with Crippen LogP contribution in [0.1, 0.15) is 44.7 Å². The molecule has 184 valence electrons. The molecule has 3 rings (SSSR count). The molecule has 2 aromatic carbocycles. The molecule has 1 aliphatic rings. The molecule has 1 aliphatic carbocycles. The Bertz CT molecular complexity index is 959. The highest BCUT2D eigenvalue weighted by Crippen LogP contribution is 2.43. The third kappa shape index (κ3) is 5.39. The summed E-state index contributed by atoms with van der Waals surface area (Å²) in [4.78, 5) is 14.0. The third-order valence-electron chi connectivity index (χ3n) is 7.29. The Hall–Kier alpha value is -2.57. The summed E-state index contributed by atoms with van der Waals surface area (Å²) in [6.07, 6.45) is 5.27. The van der Waals surface area contributed by atoms with Gasteiger partial charge in [-0.15, -0.1) is 0 Å². The van der Waals surface area contributed by atoms with Crippen molar-refractivity contribution in [2.45, 2.75) is 69.9 Å². The van der Waals surface area contributed by atoms with Crippen LogP contribution in [0, 0.1) is 0 Å². The average molecular weight is 483 g/mol. The summed E-state index contributed by atoms with van der Waals surface area (Å²) in [6.45, 7) is 6.83. The van der Waals surface area contributed by atoms with E-state index in [4.69, 9.17) is 18.6 Å². The molecule has 2 aromatic rings. The molecule has 0 heterocycles. The summed E-state index contributed by atoms with van der Waals surface area (Å²) >= 11 is 0. The number of carbonyl (C=O) groups excluding carboxylic acids is 1. The first kappa shape index (κ1) is 26.0. The van der Waals surface area contributed by atoms with E-state index >= 15 is 0 Å². The molecule has 0 aromatic heterocycles. The summed E-state index contributed by atoms with van der Waals surface area (Å²) in [7, 11) is 1.28. The van der Waals surface area contributed by atoms with Crippen LogP contribution in [0.4, 0.5) is 0 Å². The fraction of sp³-hybridized carbons (Fsp3) is 0.464. The van der Waals surface area contributed by atoms with Gasteiger partial charge in [-0.25, -0.2) is 0 Å². The highest BCUT2D eigenvalue weighted by Gasteiger charge is 2.51. The molecular weight excluding hydrogens is 444 g/mol. The van der Waals surface area contributed by atoms with Crippen molar-refractivity contribution < 1.29 is 23.4 Å². The third-order valence-corrected chi connectivity index (χ3v) is 11.9. The molecule has 0 radical (unpaired) electrons. The number of ether oxygens (including phenoxy) is 3. The lowest BCUT2D eigenvalue weighted by Gasteiger charge is -2.44. The van der Waals surface area contributed by atoms with Gasteiger partial charge in [-0.05, 0) is 66.4 Å². The summed E-state index contributed by atoms with van der Waals surface area (Å²) in [5, 5.41) is 0. The second-order valence-corrected chi connectivity index (χ2v) is 13.6. The van der Waals surface area contributed by atoms with Gasteiger partial charge in [0.15, 0.2) is 8.32 Å². The fourth-order valence-electron chi connectivity index (χ4n) is 4.79. The van der Waals surface area contributed by atoms with Gasteiger partial charge in [0, 0.05) is 0 Å². The number of methoxy groups -OCH3 is 2. The minimum absolute atomic E-state index is 0.197. The number of allylic oxidation sites excluding steroid dienone is 1. The van der Waals surface area contributed by atoms with Crippen molar-refractivity contribution in [1.82, 2.24) is 0 Å². The van der Waals surface area contributed by atoms with Crippen LogP contribution in [0.5, 0.6) is 11.5 Å². The molecule has 0 saturated carbocycles. The normalized spacial score (nSPS) is 20.1. The maximum Gasteiger partial charge on any atom is 0.319 e. The number of esters is 1. The zero-order chi connectivity index (χ0) is 24.6. The van der Waals surface area contributed by atoms with Gasteiger partial charge in [-0.3, -0.25) is 4.79 Å². The Labute approximate surface area is 205 Å². The van der Waals surface area contributed by atoms with Crippen molar-refractivity contribution >= 4 is 14.3 Å². The van der Waals surface area contributed by atoms with Gasteiger partial charge in [-0.1, -0.05) is 57.2 Å². The van der Waals surface area contributed by atoms with Gasteiger partial charge in [0.2, 0.25) is 0 Å². The second-order valence-electron chi connectivity index (χ2n) is 8.88. The molecule has 0 N–H and O–H groups in total. The van der Waals surface area contributed by atoms with Gasteiger partial charge < -0.3 is 18.6 Å². The monoisotopic (exact) mass is 482 g/mol. The zero-order valence-electron chi connectivity index (χ0n) is 21.1. The van der Waals surface area contributed by atoms with Crippen LogP contribution in [-0.4, -0.2) is 34.6 Å². The van der Waals surface area contributed by atoms with Crippen molar-refractivity contribution in [1.29, 1.82) is 0 Å². The predicted molar refractivity (Wildman–Crippen MR) is 138 cm³/mol. The smallest absolute Gasteiger partial charge is 0.319 e. The van der Waals surface area contributed by atoms with Crippen molar-refractivity contribution in [3.63, 3.8) is 0 Å². The van der Waals surface area contributed by atoms with E-state index in [0.717, 1.165) is 47.2 Å². The lowest BCUT2D eigenvalue weighted by molar-refractivity contribution is -0.156. The van der Waals surface area contributed by atoms with Gasteiger partial charge in [0.25, 0.3) is 0 Å². The lowest BCUT2D eigenvalue weighted by Crippen LogP contribution is -2.54. The van der Waals surface area contributed by atoms with E-state index in [9.17, 15) is 4.79 Å². The zero-order valence-corrected chi connectivity index (χ0v) is 22.1. The number of hydrogen-bond donors (Lipinski definition) is 0. The number of benzene rings is 2. The van der Waals surface area contributed by atoms with Crippen LogP contribution in [0.3, 0.4) is 0 Å². The van der Waals surface area contributed by atoms with Crippen LogP contribution in [0.15, 0.2) is 60.7 Å². The first-order chi connectivity index (χ1) is 16.5. The highest BCUT2D eigenvalue weighted by molar-refractivity contribution is 6.73. The molecular formula is C28H38O5Si. The fourth-order valence-corrected chi connectivity index (χ4v) is 7.61. The van der Waals surface area contributed by atoms with Gasteiger partial charge in [0.05, 0.1) is 20.3 Å². The molecule has 0 amide bonds. The van der Waals surface area contributed by atoms with Crippen molar-refractivity contribution in [2.75, 3.05) is 14.2 Å². The number of carbonyl (C=O) groups is 1. The molecule has 2 atom stereocenters. The maximum atomic E-state index is 14.0. The van der Waals surface area contributed by atoms with E-state index in [1.165, 1.54) is 0 Å². The molecule has 0 saturated heterocycles. The van der Waals surface area contributed by atoms with E-state index in [-0.39, 0.29) is 18.7 Å². The van der Waals surface area contributed by atoms with Crippen molar-refractivity contribution in [3.05, 3.63) is 71.8 Å². The minimum atomic E-state index is -2.00. The molecule has 0 spiro atoms. The van der Waals surface area contributed by atoms with Crippen LogP contribution in [0.2, 0.25) is 18.1 Å². The SMILES string of the molecule is CC[Si](CC)(CC)OC1C=CCC[C@@]1(C(=O)OCc1ccc(OC)cc1)c1cccc(OC)c1. The van der Waals surface area contributed by atoms with Crippen LogP contribution >= 0.6 is 0 Å². The molecule has 1 unspecified atom stereocenters. The summed E-state index contributed by atoms with van der Waals surface area (Å²) in [5.41, 5.74) is 0.873. The lowest BCUT2D eigenvalue weighted by atomic mass is 9.69. The first-order valence-corrected chi connectivity index (χ1v) is 14.8. The largest absolute Gasteiger partial charge is 0.497 e. The summed E-state index contributed by atoms with van der Waals surface area (Å²) in [6, 6.07) is 18.4.